The molecule has 0 N–H and O–H groups in total. The van der Waals surface area contributed by atoms with Gasteiger partial charge in [0.25, 0.3) is 5.91 Å². The van der Waals surface area contributed by atoms with E-state index in [0.29, 0.717) is 18.2 Å². The van der Waals surface area contributed by atoms with Gasteiger partial charge in [-0.05, 0) is 50.7 Å². The minimum absolute atomic E-state index is 0.0100. The van der Waals surface area contributed by atoms with Crippen LogP contribution in [0.1, 0.15) is 38.2 Å². The first-order valence-corrected chi connectivity index (χ1v) is 9.32. The zero-order valence-corrected chi connectivity index (χ0v) is 15.2. The smallest absolute Gasteiger partial charge is 0.261 e. The number of likely N-dealkylation sites (tertiary alicyclic amines) is 2. The van der Waals surface area contributed by atoms with Crippen molar-refractivity contribution in [3.05, 3.63) is 29.8 Å². The molecule has 0 bridgehead atoms. The highest BCUT2D eigenvalue weighted by molar-refractivity contribution is 5.88. The lowest BCUT2D eigenvalue weighted by atomic mass is 9.98. The Bertz CT molecular complexity index is 606. The summed E-state index contributed by atoms with van der Waals surface area (Å²) in [6.45, 7) is 6.52. The zero-order chi connectivity index (χ0) is 17.8. The molecule has 0 aromatic heterocycles. The highest BCUT2D eigenvalue weighted by Crippen LogP contribution is 2.23. The van der Waals surface area contributed by atoms with Crippen molar-refractivity contribution >= 4 is 11.8 Å². The van der Waals surface area contributed by atoms with Crippen LogP contribution in [0.15, 0.2) is 24.3 Å². The third kappa shape index (κ3) is 4.33. The second-order valence-electron chi connectivity index (χ2n) is 7.35. The largest absolute Gasteiger partial charge is 0.484 e. The van der Waals surface area contributed by atoms with Gasteiger partial charge in [0.2, 0.25) is 5.91 Å². The van der Waals surface area contributed by atoms with E-state index in [2.05, 4.69) is 6.92 Å². The maximum Gasteiger partial charge on any atom is 0.261 e. The molecule has 2 amide bonds. The Morgan fingerprint density at radius 2 is 1.76 bits per heavy atom. The van der Waals surface area contributed by atoms with E-state index in [1.54, 1.807) is 4.90 Å². The molecular formula is C20H28N2O3. The van der Waals surface area contributed by atoms with Crippen LogP contribution in [0.3, 0.4) is 0 Å². The quantitative estimate of drug-likeness (QED) is 0.844. The number of nitrogens with zero attached hydrogens (tertiary/aromatic N) is 2. The summed E-state index contributed by atoms with van der Waals surface area (Å²) in [5, 5.41) is 0. The van der Waals surface area contributed by atoms with Gasteiger partial charge in [-0.3, -0.25) is 9.59 Å². The molecule has 5 nitrogen and oxygen atoms in total. The Kier molecular flexibility index (Phi) is 5.61. The van der Waals surface area contributed by atoms with E-state index in [4.69, 9.17) is 4.74 Å². The summed E-state index contributed by atoms with van der Waals surface area (Å²) in [4.78, 5) is 29.0. The number of carbonyl (C=O) groups excluding carboxylic acids is 2. The van der Waals surface area contributed by atoms with Crippen LogP contribution in [0, 0.1) is 12.8 Å². The first kappa shape index (κ1) is 17.8. The Balaban J connectivity index is 1.55. The molecular weight excluding hydrogens is 316 g/mol. The average Bonchev–Trinajstić information content (AvgIpc) is 3.11. The number of rotatable bonds is 4. The second kappa shape index (κ2) is 7.89. The number of ether oxygens (including phenoxy) is 1. The fraction of sp³-hybridized carbons (Fsp3) is 0.600. The number of hydrogen-bond acceptors (Lipinski definition) is 3. The van der Waals surface area contributed by atoms with Crippen LogP contribution in [-0.4, -0.2) is 53.9 Å². The molecule has 2 saturated heterocycles. The van der Waals surface area contributed by atoms with E-state index in [9.17, 15) is 9.59 Å². The number of piperidine rings is 1. The summed E-state index contributed by atoms with van der Waals surface area (Å²) in [7, 11) is 0. The molecule has 2 heterocycles. The van der Waals surface area contributed by atoms with Crippen molar-refractivity contribution in [3.8, 4) is 5.75 Å². The number of aryl methyl sites for hydroxylation is 1. The standard InChI is InChI=1S/C20H28N2O3/c1-15-5-7-17(8-6-15)25-14-19(23)22-11-3-4-18(22)20(24)21-12-9-16(2)10-13-21/h5-8,16,18H,3-4,9-14H2,1-2H3/t18-/m0/s1. The van der Waals surface area contributed by atoms with Crippen molar-refractivity contribution in [2.24, 2.45) is 5.92 Å². The van der Waals surface area contributed by atoms with Gasteiger partial charge in [0.05, 0.1) is 0 Å². The topological polar surface area (TPSA) is 49.9 Å². The van der Waals surface area contributed by atoms with Crippen molar-refractivity contribution < 1.29 is 14.3 Å². The minimum Gasteiger partial charge on any atom is -0.484 e. The van der Waals surface area contributed by atoms with Crippen molar-refractivity contribution in [3.63, 3.8) is 0 Å². The van der Waals surface area contributed by atoms with Crippen LogP contribution in [0.2, 0.25) is 0 Å². The predicted octanol–water partition coefficient (Wildman–Crippen LogP) is 2.62. The molecule has 0 spiro atoms. The van der Waals surface area contributed by atoms with Gasteiger partial charge in [-0.25, -0.2) is 0 Å². The van der Waals surface area contributed by atoms with Gasteiger partial charge in [0, 0.05) is 19.6 Å². The molecule has 3 rings (SSSR count). The summed E-state index contributed by atoms with van der Waals surface area (Å²) < 4.78 is 5.61. The summed E-state index contributed by atoms with van der Waals surface area (Å²) in [6, 6.07) is 7.34. The molecule has 1 aromatic rings. The molecule has 1 aromatic carbocycles. The van der Waals surface area contributed by atoms with Crippen LogP contribution < -0.4 is 4.74 Å². The molecule has 0 unspecified atom stereocenters. The van der Waals surface area contributed by atoms with Gasteiger partial charge in [0.15, 0.2) is 6.61 Å². The SMILES string of the molecule is Cc1ccc(OCC(=O)N2CCC[C@H]2C(=O)N2CCC(C)CC2)cc1. The van der Waals surface area contributed by atoms with Crippen LogP contribution in [0.4, 0.5) is 0 Å². The summed E-state index contributed by atoms with van der Waals surface area (Å²) in [5.74, 6) is 1.40. The number of benzene rings is 1. The van der Waals surface area contributed by atoms with E-state index in [1.165, 1.54) is 0 Å². The summed E-state index contributed by atoms with van der Waals surface area (Å²) >= 11 is 0. The fourth-order valence-corrected chi connectivity index (χ4v) is 3.62. The normalized spacial score (nSPS) is 21.4. The van der Waals surface area contributed by atoms with Crippen LogP contribution in [0.25, 0.3) is 0 Å². The monoisotopic (exact) mass is 344 g/mol. The number of amides is 2. The van der Waals surface area contributed by atoms with Crippen LogP contribution in [0.5, 0.6) is 5.75 Å². The molecule has 1 atom stereocenters. The average molecular weight is 344 g/mol. The van der Waals surface area contributed by atoms with E-state index in [-0.39, 0.29) is 24.5 Å². The Morgan fingerprint density at radius 3 is 2.44 bits per heavy atom. The highest BCUT2D eigenvalue weighted by Gasteiger charge is 2.37. The van der Waals surface area contributed by atoms with E-state index in [0.717, 1.165) is 44.3 Å². The van der Waals surface area contributed by atoms with Crippen molar-refractivity contribution in [2.45, 2.75) is 45.6 Å². The van der Waals surface area contributed by atoms with Gasteiger partial charge in [0.1, 0.15) is 11.8 Å². The summed E-state index contributed by atoms with van der Waals surface area (Å²) in [6.07, 6.45) is 3.77. The second-order valence-corrected chi connectivity index (χ2v) is 7.35. The number of carbonyl (C=O) groups is 2. The maximum atomic E-state index is 12.8. The summed E-state index contributed by atoms with van der Waals surface area (Å²) in [5.41, 5.74) is 1.15. The molecule has 2 aliphatic heterocycles. The van der Waals surface area contributed by atoms with Gasteiger partial charge in [-0.1, -0.05) is 24.6 Å². The van der Waals surface area contributed by atoms with Gasteiger partial charge < -0.3 is 14.5 Å². The lowest BCUT2D eigenvalue weighted by Crippen LogP contribution is -2.50. The van der Waals surface area contributed by atoms with Crippen molar-refractivity contribution in [1.29, 1.82) is 0 Å². The van der Waals surface area contributed by atoms with Crippen molar-refractivity contribution in [1.82, 2.24) is 9.80 Å². The first-order valence-electron chi connectivity index (χ1n) is 9.32. The van der Waals surface area contributed by atoms with Gasteiger partial charge in [-0.2, -0.15) is 0 Å². The van der Waals surface area contributed by atoms with Crippen LogP contribution in [-0.2, 0) is 9.59 Å². The molecule has 0 radical (unpaired) electrons. The highest BCUT2D eigenvalue weighted by atomic mass is 16.5. The first-order chi connectivity index (χ1) is 12.0. The zero-order valence-electron chi connectivity index (χ0n) is 15.2. The van der Waals surface area contributed by atoms with E-state index >= 15 is 0 Å². The van der Waals surface area contributed by atoms with Gasteiger partial charge >= 0.3 is 0 Å². The predicted molar refractivity (Wildman–Crippen MR) is 96.4 cm³/mol. The maximum absolute atomic E-state index is 12.8. The lowest BCUT2D eigenvalue weighted by Gasteiger charge is -2.34. The molecule has 0 saturated carbocycles. The molecule has 0 aliphatic carbocycles. The fourth-order valence-electron chi connectivity index (χ4n) is 3.62. The third-order valence-electron chi connectivity index (χ3n) is 5.34. The van der Waals surface area contributed by atoms with Gasteiger partial charge in [-0.15, -0.1) is 0 Å². The third-order valence-corrected chi connectivity index (χ3v) is 5.34. The lowest BCUT2D eigenvalue weighted by molar-refractivity contribution is -0.145. The molecule has 5 heteroatoms. The van der Waals surface area contributed by atoms with Crippen LogP contribution >= 0.6 is 0 Å². The number of hydrogen-bond donors (Lipinski definition) is 0. The van der Waals surface area contributed by atoms with E-state index in [1.807, 2.05) is 36.1 Å². The van der Waals surface area contributed by atoms with E-state index < -0.39 is 0 Å². The molecule has 2 fully saturated rings. The Labute approximate surface area is 149 Å². The minimum atomic E-state index is -0.303. The Morgan fingerprint density at radius 1 is 1.08 bits per heavy atom. The molecule has 2 aliphatic rings. The Hall–Kier alpha value is -2.04. The molecule has 136 valence electrons. The van der Waals surface area contributed by atoms with Crippen molar-refractivity contribution in [2.75, 3.05) is 26.2 Å². The molecule has 25 heavy (non-hydrogen) atoms.